The molecule has 5 heteroatoms. The van der Waals surface area contributed by atoms with Gasteiger partial charge >= 0.3 is 0 Å². The van der Waals surface area contributed by atoms with Crippen molar-refractivity contribution in [3.63, 3.8) is 0 Å². The maximum Gasteiger partial charge on any atom is 0.168 e. The number of ether oxygens (including phenoxy) is 1. The summed E-state index contributed by atoms with van der Waals surface area (Å²) in [7, 11) is 1.51. The Morgan fingerprint density at radius 1 is 1.69 bits per heavy atom. The molecule has 0 spiro atoms. The second-order valence-electron chi connectivity index (χ2n) is 2.31. The van der Waals surface area contributed by atoms with E-state index in [4.69, 9.17) is 4.74 Å². The van der Waals surface area contributed by atoms with Gasteiger partial charge in [-0.15, -0.1) is 0 Å². The minimum atomic E-state index is 0.0612. The van der Waals surface area contributed by atoms with Crippen LogP contribution < -0.4 is 0 Å². The smallest absolute Gasteiger partial charge is 0.168 e. The summed E-state index contributed by atoms with van der Waals surface area (Å²) in [6, 6.07) is 1.77. The Morgan fingerprint density at radius 2 is 2.54 bits per heavy atom. The van der Waals surface area contributed by atoms with E-state index in [-0.39, 0.29) is 12.4 Å². The molecule has 0 N–H and O–H groups in total. The lowest BCUT2D eigenvalue weighted by Gasteiger charge is -1.98. The Bertz CT molecular complexity index is 266. The Labute approximate surface area is 80.7 Å². The first kappa shape index (κ1) is 10.1. The summed E-state index contributed by atoms with van der Waals surface area (Å²) < 4.78 is 4.70. The van der Waals surface area contributed by atoms with Crippen molar-refractivity contribution in [2.45, 2.75) is 5.03 Å². The summed E-state index contributed by atoms with van der Waals surface area (Å²) in [5.74, 6) is 0.455. The highest BCUT2D eigenvalue weighted by Gasteiger charge is 2.02. The molecule has 70 valence electrons. The summed E-state index contributed by atoms with van der Waals surface area (Å²) in [6.45, 7) is 0.165. The normalized spacial score (nSPS) is 9.92. The topological polar surface area (TPSA) is 52.1 Å². The summed E-state index contributed by atoms with van der Waals surface area (Å²) in [6.07, 6.45) is 3.11. The van der Waals surface area contributed by atoms with Gasteiger partial charge in [0.2, 0.25) is 0 Å². The zero-order chi connectivity index (χ0) is 9.52. The number of aromatic nitrogens is 2. The molecule has 0 saturated carbocycles. The van der Waals surface area contributed by atoms with Crippen LogP contribution in [0.1, 0.15) is 0 Å². The van der Waals surface area contributed by atoms with Crippen molar-refractivity contribution in [1.29, 1.82) is 0 Å². The third-order valence-corrected chi connectivity index (χ3v) is 2.24. The van der Waals surface area contributed by atoms with Gasteiger partial charge in [0.05, 0.1) is 10.8 Å². The summed E-state index contributed by atoms with van der Waals surface area (Å²) in [4.78, 5) is 18.8. The van der Waals surface area contributed by atoms with Crippen molar-refractivity contribution in [2.24, 2.45) is 0 Å². The van der Waals surface area contributed by atoms with E-state index in [1.54, 1.807) is 12.3 Å². The van der Waals surface area contributed by atoms with Crippen LogP contribution in [0, 0.1) is 0 Å². The van der Waals surface area contributed by atoms with E-state index < -0.39 is 0 Å². The maximum atomic E-state index is 11.0. The Morgan fingerprint density at radius 3 is 3.15 bits per heavy atom. The lowest BCUT2D eigenvalue weighted by Crippen LogP contribution is -2.08. The largest absolute Gasteiger partial charge is 0.377 e. The average molecular weight is 198 g/mol. The van der Waals surface area contributed by atoms with E-state index >= 15 is 0 Å². The number of thioether (sulfide) groups is 1. The lowest BCUT2D eigenvalue weighted by molar-refractivity contribution is -0.120. The molecule has 0 fully saturated rings. The van der Waals surface area contributed by atoms with Gasteiger partial charge in [0.15, 0.2) is 5.78 Å². The van der Waals surface area contributed by atoms with Crippen LogP contribution in [0.5, 0.6) is 0 Å². The molecule has 0 atom stereocenters. The van der Waals surface area contributed by atoms with Crippen LogP contribution in [-0.2, 0) is 9.53 Å². The SMILES string of the molecule is COCC(=O)CSc1ccncn1. The molecule has 1 aromatic heterocycles. The number of rotatable bonds is 5. The van der Waals surface area contributed by atoms with Gasteiger partial charge in [-0.25, -0.2) is 9.97 Å². The fourth-order valence-electron chi connectivity index (χ4n) is 0.721. The van der Waals surface area contributed by atoms with Crippen LogP contribution >= 0.6 is 11.8 Å². The van der Waals surface area contributed by atoms with Gasteiger partial charge in [0.25, 0.3) is 0 Å². The summed E-state index contributed by atoms with van der Waals surface area (Å²) >= 11 is 1.39. The van der Waals surface area contributed by atoms with Gasteiger partial charge < -0.3 is 4.74 Å². The molecule has 1 heterocycles. The fraction of sp³-hybridized carbons (Fsp3) is 0.375. The fourth-order valence-corrected chi connectivity index (χ4v) is 1.39. The average Bonchev–Trinajstić information content (AvgIpc) is 2.17. The molecule has 0 amide bonds. The van der Waals surface area contributed by atoms with Crippen LogP contribution in [0.3, 0.4) is 0 Å². The third-order valence-electron chi connectivity index (χ3n) is 1.24. The standard InChI is InChI=1S/C8H10N2O2S/c1-12-4-7(11)5-13-8-2-3-9-6-10-8/h2-3,6H,4-5H2,1H3. The van der Waals surface area contributed by atoms with Gasteiger partial charge in [-0.3, -0.25) is 4.79 Å². The highest BCUT2D eigenvalue weighted by molar-refractivity contribution is 7.99. The number of hydrogen-bond donors (Lipinski definition) is 0. The van der Waals surface area contributed by atoms with Crippen LogP contribution in [-0.4, -0.2) is 35.2 Å². The van der Waals surface area contributed by atoms with E-state index in [0.29, 0.717) is 5.75 Å². The van der Waals surface area contributed by atoms with Gasteiger partial charge in [0, 0.05) is 13.3 Å². The second kappa shape index (κ2) is 5.66. The van der Waals surface area contributed by atoms with E-state index in [9.17, 15) is 4.79 Å². The molecule has 1 aromatic rings. The van der Waals surface area contributed by atoms with Crippen LogP contribution in [0.15, 0.2) is 23.6 Å². The van der Waals surface area contributed by atoms with Crippen molar-refractivity contribution < 1.29 is 9.53 Å². The molecule has 0 saturated heterocycles. The quantitative estimate of drug-likeness (QED) is 0.517. The van der Waals surface area contributed by atoms with Gasteiger partial charge in [0.1, 0.15) is 12.9 Å². The van der Waals surface area contributed by atoms with Crippen molar-refractivity contribution >= 4 is 17.5 Å². The van der Waals surface area contributed by atoms with Crippen molar-refractivity contribution in [1.82, 2.24) is 9.97 Å². The molecule has 4 nitrogen and oxygen atoms in total. The molecule has 0 bridgehead atoms. The lowest BCUT2D eigenvalue weighted by atomic mass is 10.5. The predicted octanol–water partition coefficient (Wildman–Crippen LogP) is 0.784. The van der Waals surface area contributed by atoms with Crippen LogP contribution in [0.25, 0.3) is 0 Å². The Hall–Kier alpha value is -0.940. The zero-order valence-corrected chi connectivity index (χ0v) is 8.08. The van der Waals surface area contributed by atoms with E-state index in [1.165, 1.54) is 25.2 Å². The van der Waals surface area contributed by atoms with E-state index in [2.05, 4.69) is 9.97 Å². The van der Waals surface area contributed by atoms with E-state index in [1.807, 2.05) is 0 Å². The molecular weight excluding hydrogens is 188 g/mol. The molecule has 0 aliphatic carbocycles. The third kappa shape index (κ3) is 4.00. The number of carbonyl (C=O) groups is 1. The monoisotopic (exact) mass is 198 g/mol. The molecule has 0 unspecified atom stereocenters. The highest BCUT2D eigenvalue weighted by atomic mass is 32.2. The summed E-state index contributed by atoms with van der Waals surface area (Å²) in [5, 5.41) is 0.805. The minimum Gasteiger partial charge on any atom is -0.377 e. The minimum absolute atomic E-state index is 0.0612. The Kier molecular flexibility index (Phi) is 4.42. The number of hydrogen-bond acceptors (Lipinski definition) is 5. The number of nitrogens with zero attached hydrogens (tertiary/aromatic N) is 2. The number of ketones is 1. The number of methoxy groups -OCH3 is 1. The second-order valence-corrected chi connectivity index (χ2v) is 3.30. The first-order valence-electron chi connectivity index (χ1n) is 3.72. The predicted molar refractivity (Wildman–Crippen MR) is 49.6 cm³/mol. The number of carbonyl (C=O) groups excluding carboxylic acids is 1. The van der Waals surface area contributed by atoms with Crippen molar-refractivity contribution in [2.75, 3.05) is 19.5 Å². The van der Waals surface area contributed by atoms with Gasteiger partial charge in [-0.1, -0.05) is 11.8 Å². The van der Waals surface area contributed by atoms with Crippen molar-refractivity contribution in [3.8, 4) is 0 Å². The number of Topliss-reactive ketones (excluding diaryl/α,β-unsaturated/α-hetero) is 1. The first-order chi connectivity index (χ1) is 6.33. The van der Waals surface area contributed by atoms with Gasteiger partial charge in [-0.05, 0) is 6.07 Å². The van der Waals surface area contributed by atoms with E-state index in [0.717, 1.165) is 5.03 Å². The molecule has 0 aliphatic rings. The highest BCUT2D eigenvalue weighted by Crippen LogP contribution is 2.12. The molecule has 0 aliphatic heterocycles. The Balaban J connectivity index is 2.31. The summed E-state index contributed by atoms with van der Waals surface area (Å²) in [5.41, 5.74) is 0. The van der Waals surface area contributed by atoms with Crippen LogP contribution in [0.2, 0.25) is 0 Å². The molecule has 13 heavy (non-hydrogen) atoms. The van der Waals surface area contributed by atoms with Crippen LogP contribution in [0.4, 0.5) is 0 Å². The maximum absolute atomic E-state index is 11.0. The molecule has 0 radical (unpaired) electrons. The van der Waals surface area contributed by atoms with Gasteiger partial charge in [-0.2, -0.15) is 0 Å². The zero-order valence-electron chi connectivity index (χ0n) is 7.27. The first-order valence-corrected chi connectivity index (χ1v) is 4.71. The molecule has 0 aromatic carbocycles. The molecule has 1 rings (SSSR count). The van der Waals surface area contributed by atoms with Crippen molar-refractivity contribution in [3.05, 3.63) is 18.6 Å². The molecular formula is C8H10N2O2S.